The van der Waals surface area contributed by atoms with Crippen LogP contribution in [0, 0.1) is 0 Å². The van der Waals surface area contributed by atoms with Crippen molar-refractivity contribution in [2.75, 3.05) is 20.3 Å². The van der Waals surface area contributed by atoms with Gasteiger partial charge < -0.3 is 20.3 Å². The van der Waals surface area contributed by atoms with E-state index in [4.69, 9.17) is 15.2 Å². The number of methoxy groups -OCH3 is 1. The van der Waals surface area contributed by atoms with Gasteiger partial charge in [-0.15, -0.1) is 0 Å². The Balaban J connectivity index is 2.46. The van der Waals surface area contributed by atoms with Gasteiger partial charge in [-0.3, -0.25) is 4.79 Å². The Morgan fingerprint density at radius 3 is 2.50 bits per heavy atom. The van der Waals surface area contributed by atoms with Crippen LogP contribution < -0.4 is 10.5 Å². The normalized spacial score (nSPS) is 12.1. The molecule has 0 spiro atoms. The van der Waals surface area contributed by atoms with Gasteiger partial charge in [0, 0.05) is 12.7 Å². The number of aliphatic hydroxyl groups is 1. The lowest BCUT2D eigenvalue weighted by atomic mass is 10.2. The van der Waals surface area contributed by atoms with Gasteiger partial charge in [0.15, 0.2) is 0 Å². The zero-order valence-corrected chi connectivity index (χ0v) is 9.05. The van der Waals surface area contributed by atoms with Crippen LogP contribution in [0.5, 0.6) is 5.75 Å². The van der Waals surface area contributed by atoms with Crippen LogP contribution in [-0.4, -0.2) is 37.4 Å². The molecule has 0 aliphatic rings. The molecule has 0 saturated carbocycles. The Kier molecular flexibility index (Phi) is 4.75. The predicted octanol–water partition coefficient (Wildman–Crippen LogP) is 0.172. The first kappa shape index (κ1) is 12.5. The van der Waals surface area contributed by atoms with Crippen LogP contribution >= 0.6 is 0 Å². The highest BCUT2D eigenvalue weighted by molar-refractivity contribution is 5.92. The quantitative estimate of drug-likeness (QED) is 0.723. The van der Waals surface area contributed by atoms with Crippen LogP contribution in [0.1, 0.15) is 10.4 Å². The fourth-order valence-electron chi connectivity index (χ4n) is 1.15. The average Bonchev–Trinajstić information content (AvgIpc) is 2.27. The smallest absolute Gasteiger partial charge is 0.248 e. The van der Waals surface area contributed by atoms with E-state index in [1.54, 1.807) is 24.3 Å². The molecule has 0 aliphatic heterocycles. The molecule has 0 aromatic heterocycles. The maximum Gasteiger partial charge on any atom is 0.248 e. The lowest BCUT2D eigenvalue weighted by Gasteiger charge is -2.11. The Morgan fingerprint density at radius 2 is 2.00 bits per heavy atom. The largest absolute Gasteiger partial charge is 0.491 e. The van der Waals surface area contributed by atoms with Crippen LogP contribution in [0.15, 0.2) is 24.3 Å². The topological polar surface area (TPSA) is 81.8 Å². The highest BCUT2D eigenvalue weighted by Gasteiger charge is 2.05. The van der Waals surface area contributed by atoms with Gasteiger partial charge in [0.25, 0.3) is 0 Å². The molecule has 16 heavy (non-hydrogen) atoms. The number of ether oxygens (including phenoxy) is 2. The molecule has 1 amide bonds. The van der Waals surface area contributed by atoms with Gasteiger partial charge in [-0.05, 0) is 24.3 Å². The standard InChI is InChI=1S/C11H15NO4/c1-15-6-9(13)7-16-10-4-2-8(3-5-10)11(12)14/h2-5,9,13H,6-7H2,1H3,(H2,12,14)/t9-/m1/s1. The molecule has 0 saturated heterocycles. The molecule has 0 fully saturated rings. The van der Waals surface area contributed by atoms with Crippen molar-refractivity contribution in [1.82, 2.24) is 0 Å². The summed E-state index contributed by atoms with van der Waals surface area (Å²) in [6, 6.07) is 6.39. The molecule has 0 aliphatic carbocycles. The van der Waals surface area contributed by atoms with Gasteiger partial charge >= 0.3 is 0 Å². The Bertz CT molecular complexity index is 336. The van der Waals surface area contributed by atoms with E-state index in [-0.39, 0.29) is 13.2 Å². The fraction of sp³-hybridized carbons (Fsp3) is 0.364. The van der Waals surface area contributed by atoms with Crippen LogP contribution in [0.4, 0.5) is 0 Å². The second kappa shape index (κ2) is 6.09. The van der Waals surface area contributed by atoms with Crippen molar-refractivity contribution in [3.8, 4) is 5.75 Å². The van der Waals surface area contributed by atoms with Crippen LogP contribution in [0.25, 0.3) is 0 Å². The first-order valence-electron chi connectivity index (χ1n) is 4.83. The van der Waals surface area contributed by atoms with Crippen molar-refractivity contribution < 1.29 is 19.4 Å². The first-order valence-corrected chi connectivity index (χ1v) is 4.83. The average molecular weight is 225 g/mol. The third kappa shape index (κ3) is 3.88. The summed E-state index contributed by atoms with van der Waals surface area (Å²) in [5, 5.41) is 9.33. The molecular weight excluding hydrogens is 210 g/mol. The van der Waals surface area contributed by atoms with Crippen LogP contribution in [-0.2, 0) is 4.74 Å². The monoisotopic (exact) mass is 225 g/mol. The number of hydrogen-bond acceptors (Lipinski definition) is 4. The maximum atomic E-state index is 10.8. The summed E-state index contributed by atoms with van der Waals surface area (Å²) in [7, 11) is 1.50. The summed E-state index contributed by atoms with van der Waals surface area (Å²) in [5.74, 6) is 0.0890. The molecule has 88 valence electrons. The van der Waals surface area contributed by atoms with E-state index in [9.17, 15) is 9.90 Å². The van der Waals surface area contributed by atoms with E-state index in [1.165, 1.54) is 7.11 Å². The minimum absolute atomic E-state index is 0.143. The minimum Gasteiger partial charge on any atom is -0.491 e. The van der Waals surface area contributed by atoms with Crippen molar-refractivity contribution in [1.29, 1.82) is 0 Å². The van der Waals surface area contributed by atoms with Crippen molar-refractivity contribution in [3.63, 3.8) is 0 Å². The lowest BCUT2D eigenvalue weighted by Crippen LogP contribution is -2.22. The second-order valence-corrected chi connectivity index (χ2v) is 3.31. The number of nitrogens with two attached hydrogens (primary N) is 1. The molecule has 0 heterocycles. The fourth-order valence-corrected chi connectivity index (χ4v) is 1.15. The maximum absolute atomic E-state index is 10.8. The molecule has 3 N–H and O–H groups in total. The first-order chi connectivity index (χ1) is 7.63. The summed E-state index contributed by atoms with van der Waals surface area (Å²) in [6.45, 7) is 0.364. The summed E-state index contributed by atoms with van der Waals surface area (Å²) >= 11 is 0. The van der Waals surface area contributed by atoms with E-state index in [2.05, 4.69) is 0 Å². The zero-order valence-electron chi connectivity index (χ0n) is 9.05. The zero-order chi connectivity index (χ0) is 12.0. The summed E-state index contributed by atoms with van der Waals surface area (Å²) in [5.41, 5.74) is 5.51. The van der Waals surface area contributed by atoms with Gasteiger partial charge in [-0.1, -0.05) is 0 Å². The minimum atomic E-state index is -0.666. The van der Waals surface area contributed by atoms with Gasteiger partial charge in [-0.25, -0.2) is 0 Å². The third-order valence-corrected chi connectivity index (χ3v) is 1.94. The van der Waals surface area contributed by atoms with Gasteiger partial charge in [-0.2, -0.15) is 0 Å². The SMILES string of the molecule is COC[C@@H](O)COc1ccc(C(N)=O)cc1. The number of carbonyl (C=O) groups is 1. The van der Waals surface area contributed by atoms with Gasteiger partial charge in [0.1, 0.15) is 18.5 Å². The molecule has 0 radical (unpaired) electrons. The van der Waals surface area contributed by atoms with E-state index in [0.717, 1.165) is 0 Å². The number of aliphatic hydroxyl groups excluding tert-OH is 1. The Labute approximate surface area is 93.8 Å². The second-order valence-electron chi connectivity index (χ2n) is 3.31. The number of amides is 1. The number of rotatable bonds is 6. The van der Waals surface area contributed by atoms with Crippen LogP contribution in [0.3, 0.4) is 0 Å². The molecule has 1 aromatic carbocycles. The van der Waals surface area contributed by atoms with E-state index < -0.39 is 12.0 Å². The Morgan fingerprint density at radius 1 is 1.38 bits per heavy atom. The molecule has 1 aromatic rings. The molecule has 5 nitrogen and oxygen atoms in total. The highest BCUT2D eigenvalue weighted by atomic mass is 16.5. The number of carbonyl (C=O) groups excluding carboxylic acids is 1. The van der Waals surface area contributed by atoms with Gasteiger partial charge in [0.05, 0.1) is 6.61 Å². The van der Waals surface area contributed by atoms with Crippen molar-refractivity contribution >= 4 is 5.91 Å². The molecule has 0 bridgehead atoms. The summed E-state index contributed by atoms with van der Waals surface area (Å²) in [6.07, 6.45) is -0.666. The number of primary amides is 1. The van der Waals surface area contributed by atoms with E-state index in [1.807, 2.05) is 0 Å². The summed E-state index contributed by atoms with van der Waals surface area (Å²) in [4.78, 5) is 10.8. The number of benzene rings is 1. The summed E-state index contributed by atoms with van der Waals surface area (Å²) < 4.78 is 10.0. The molecule has 0 unspecified atom stereocenters. The van der Waals surface area contributed by atoms with Crippen molar-refractivity contribution in [2.45, 2.75) is 6.10 Å². The molecule has 5 heteroatoms. The van der Waals surface area contributed by atoms with E-state index in [0.29, 0.717) is 11.3 Å². The lowest BCUT2D eigenvalue weighted by molar-refractivity contribution is 0.0325. The Hall–Kier alpha value is -1.59. The molecular formula is C11H15NO4. The van der Waals surface area contributed by atoms with Gasteiger partial charge in [0.2, 0.25) is 5.91 Å². The highest BCUT2D eigenvalue weighted by Crippen LogP contribution is 2.12. The molecule has 1 rings (SSSR count). The van der Waals surface area contributed by atoms with E-state index >= 15 is 0 Å². The third-order valence-electron chi connectivity index (χ3n) is 1.94. The van der Waals surface area contributed by atoms with Crippen molar-refractivity contribution in [2.24, 2.45) is 5.73 Å². The number of hydrogen-bond donors (Lipinski definition) is 2. The predicted molar refractivity (Wildman–Crippen MR) is 58.3 cm³/mol. The van der Waals surface area contributed by atoms with Crippen molar-refractivity contribution in [3.05, 3.63) is 29.8 Å². The van der Waals surface area contributed by atoms with Crippen LogP contribution in [0.2, 0.25) is 0 Å². The molecule has 1 atom stereocenters.